The van der Waals surface area contributed by atoms with E-state index in [0.717, 1.165) is 12.5 Å². The van der Waals surface area contributed by atoms with Gasteiger partial charge in [-0.05, 0) is 36.6 Å². The highest BCUT2D eigenvalue weighted by Crippen LogP contribution is 2.28. The third-order valence-corrected chi connectivity index (χ3v) is 2.43. The Morgan fingerprint density at radius 3 is 2.75 bits per heavy atom. The number of Topliss-reactive ketones (excluding diaryl/α,β-unsaturated/α-hetero) is 1. The van der Waals surface area contributed by atoms with Crippen molar-refractivity contribution < 1.29 is 22.7 Å². The first-order valence-electron chi connectivity index (χ1n) is 4.86. The molecule has 1 aliphatic rings. The second-order valence-electron chi connectivity index (χ2n) is 3.60. The average molecular weight is 230 g/mol. The zero-order valence-electron chi connectivity index (χ0n) is 8.30. The highest BCUT2D eigenvalue weighted by atomic mass is 19.4. The molecule has 0 atom stereocenters. The maximum atomic E-state index is 12.2. The van der Waals surface area contributed by atoms with Gasteiger partial charge in [-0.3, -0.25) is 4.79 Å². The summed E-state index contributed by atoms with van der Waals surface area (Å²) in [6.07, 6.45) is -3.41. The molecule has 0 aliphatic carbocycles. The molecule has 1 aromatic rings. The van der Waals surface area contributed by atoms with Gasteiger partial charge < -0.3 is 4.74 Å². The molecule has 0 saturated heterocycles. The second kappa shape index (κ2) is 3.81. The summed E-state index contributed by atoms with van der Waals surface area (Å²) in [5.41, 5.74) is 0.345. The fourth-order valence-corrected chi connectivity index (χ4v) is 1.67. The van der Waals surface area contributed by atoms with Gasteiger partial charge in [-0.2, -0.15) is 13.2 Å². The number of aryl methyl sites for hydroxylation is 1. The number of fused-ring (bicyclic) bond motifs is 1. The lowest BCUT2D eigenvalue weighted by Gasteiger charge is -2.17. The van der Waals surface area contributed by atoms with Crippen molar-refractivity contribution in [3.8, 4) is 5.75 Å². The fraction of sp³-hybridized carbons (Fsp3) is 0.364. The Kier molecular flexibility index (Phi) is 2.61. The van der Waals surface area contributed by atoms with E-state index in [4.69, 9.17) is 4.74 Å². The van der Waals surface area contributed by atoms with Crippen LogP contribution in [0.2, 0.25) is 0 Å². The van der Waals surface area contributed by atoms with Crippen molar-refractivity contribution in [3.63, 3.8) is 0 Å². The number of rotatable bonds is 1. The van der Waals surface area contributed by atoms with Gasteiger partial charge in [-0.1, -0.05) is 0 Å². The van der Waals surface area contributed by atoms with E-state index in [2.05, 4.69) is 0 Å². The van der Waals surface area contributed by atoms with Crippen LogP contribution < -0.4 is 4.74 Å². The Morgan fingerprint density at radius 2 is 2.06 bits per heavy atom. The van der Waals surface area contributed by atoms with Crippen LogP contribution in [-0.2, 0) is 6.42 Å². The lowest BCUT2D eigenvalue weighted by molar-refractivity contribution is -0.0885. The van der Waals surface area contributed by atoms with Crippen LogP contribution in [0, 0.1) is 0 Å². The number of benzene rings is 1. The van der Waals surface area contributed by atoms with Crippen LogP contribution in [0.15, 0.2) is 18.2 Å². The van der Waals surface area contributed by atoms with Crippen molar-refractivity contribution >= 4 is 5.78 Å². The minimum atomic E-state index is -4.82. The largest absolute Gasteiger partial charge is 0.493 e. The van der Waals surface area contributed by atoms with Crippen molar-refractivity contribution in [1.29, 1.82) is 0 Å². The second-order valence-corrected chi connectivity index (χ2v) is 3.60. The van der Waals surface area contributed by atoms with E-state index in [9.17, 15) is 18.0 Å². The minimum Gasteiger partial charge on any atom is -0.493 e. The zero-order valence-corrected chi connectivity index (χ0v) is 8.30. The van der Waals surface area contributed by atoms with Crippen molar-refractivity contribution in [2.75, 3.05) is 6.61 Å². The molecular formula is C11H9F3O2. The standard InChI is InChI=1S/C11H9F3O2/c12-11(13,14)10(15)8-3-4-9-7(6-8)2-1-5-16-9/h3-4,6H,1-2,5H2. The lowest BCUT2D eigenvalue weighted by Crippen LogP contribution is -2.23. The molecule has 0 unspecified atom stereocenters. The first-order valence-corrected chi connectivity index (χ1v) is 4.86. The van der Waals surface area contributed by atoms with Crippen LogP contribution in [0.4, 0.5) is 13.2 Å². The number of hydrogen-bond donors (Lipinski definition) is 0. The van der Waals surface area contributed by atoms with Gasteiger partial charge in [0.25, 0.3) is 5.78 Å². The maximum absolute atomic E-state index is 12.2. The van der Waals surface area contributed by atoms with E-state index in [1.54, 1.807) is 0 Å². The summed E-state index contributed by atoms with van der Waals surface area (Å²) in [7, 11) is 0. The van der Waals surface area contributed by atoms with Crippen LogP contribution in [0.1, 0.15) is 22.3 Å². The summed E-state index contributed by atoms with van der Waals surface area (Å²) in [6.45, 7) is 0.569. The Bertz CT molecular complexity index is 424. The highest BCUT2D eigenvalue weighted by molar-refractivity contribution is 6.00. The number of carbonyl (C=O) groups excluding carboxylic acids is 1. The van der Waals surface area contributed by atoms with E-state index >= 15 is 0 Å². The van der Waals surface area contributed by atoms with Gasteiger partial charge in [0.1, 0.15) is 5.75 Å². The molecule has 2 rings (SSSR count). The molecule has 0 amide bonds. The number of hydrogen-bond acceptors (Lipinski definition) is 2. The molecular weight excluding hydrogens is 221 g/mol. The smallest absolute Gasteiger partial charge is 0.454 e. The van der Waals surface area contributed by atoms with E-state index < -0.39 is 12.0 Å². The minimum absolute atomic E-state index is 0.322. The topological polar surface area (TPSA) is 26.3 Å². The van der Waals surface area contributed by atoms with Crippen molar-refractivity contribution in [2.45, 2.75) is 19.0 Å². The summed E-state index contributed by atoms with van der Waals surface area (Å²) in [5.74, 6) is -1.23. The molecule has 0 bridgehead atoms. The Balaban J connectivity index is 2.34. The summed E-state index contributed by atoms with van der Waals surface area (Å²) in [5, 5.41) is 0. The Labute approximate surface area is 90.0 Å². The molecule has 0 radical (unpaired) electrons. The third-order valence-electron chi connectivity index (χ3n) is 2.43. The van der Waals surface area contributed by atoms with E-state index in [1.165, 1.54) is 12.1 Å². The molecule has 0 aromatic heterocycles. The Morgan fingerprint density at radius 1 is 1.31 bits per heavy atom. The predicted octanol–water partition coefficient (Wildman–Crippen LogP) is 2.76. The first kappa shape index (κ1) is 11.0. The molecule has 1 heterocycles. The van der Waals surface area contributed by atoms with E-state index in [0.29, 0.717) is 24.3 Å². The summed E-state index contributed by atoms with van der Waals surface area (Å²) < 4.78 is 41.8. The van der Waals surface area contributed by atoms with Crippen LogP contribution in [0.25, 0.3) is 0 Å². The molecule has 86 valence electrons. The van der Waals surface area contributed by atoms with Gasteiger partial charge >= 0.3 is 6.18 Å². The molecule has 16 heavy (non-hydrogen) atoms. The van der Waals surface area contributed by atoms with E-state index in [-0.39, 0.29) is 5.56 Å². The molecule has 0 fully saturated rings. The van der Waals surface area contributed by atoms with Crippen LogP contribution in [0.5, 0.6) is 5.75 Å². The van der Waals surface area contributed by atoms with Crippen LogP contribution in [0.3, 0.4) is 0 Å². The summed E-state index contributed by atoms with van der Waals surface area (Å²) >= 11 is 0. The van der Waals surface area contributed by atoms with Gasteiger partial charge in [-0.25, -0.2) is 0 Å². The fourth-order valence-electron chi connectivity index (χ4n) is 1.67. The normalized spacial score (nSPS) is 15.2. The SMILES string of the molecule is O=C(c1ccc2c(c1)CCCO2)C(F)(F)F. The maximum Gasteiger partial charge on any atom is 0.454 e. The monoisotopic (exact) mass is 230 g/mol. The molecule has 1 aliphatic heterocycles. The quantitative estimate of drug-likeness (QED) is 0.693. The van der Waals surface area contributed by atoms with Crippen molar-refractivity contribution in [2.24, 2.45) is 0 Å². The first-order chi connectivity index (χ1) is 7.48. The lowest BCUT2D eigenvalue weighted by atomic mass is 10.0. The number of carbonyl (C=O) groups is 1. The van der Waals surface area contributed by atoms with Gasteiger partial charge in [0.2, 0.25) is 0 Å². The number of alkyl halides is 3. The Hall–Kier alpha value is -1.52. The molecule has 2 nitrogen and oxygen atoms in total. The van der Waals surface area contributed by atoms with Crippen molar-refractivity contribution in [1.82, 2.24) is 0 Å². The van der Waals surface area contributed by atoms with Gasteiger partial charge in [-0.15, -0.1) is 0 Å². The zero-order chi connectivity index (χ0) is 11.8. The number of ketones is 1. The van der Waals surface area contributed by atoms with Crippen LogP contribution >= 0.6 is 0 Å². The molecule has 5 heteroatoms. The predicted molar refractivity (Wildman–Crippen MR) is 50.6 cm³/mol. The highest BCUT2D eigenvalue weighted by Gasteiger charge is 2.39. The molecule has 0 spiro atoms. The number of ether oxygens (including phenoxy) is 1. The van der Waals surface area contributed by atoms with Gasteiger partial charge in [0.15, 0.2) is 0 Å². The van der Waals surface area contributed by atoms with Gasteiger partial charge in [0.05, 0.1) is 6.61 Å². The average Bonchev–Trinajstić information content (AvgIpc) is 2.26. The summed E-state index contributed by atoms with van der Waals surface area (Å²) in [6, 6.07) is 3.84. The van der Waals surface area contributed by atoms with Gasteiger partial charge in [0, 0.05) is 5.56 Å². The summed E-state index contributed by atoms with van der Waals surface area (Å²) in [4.78, 5) is 11.0. The van der Waals surface area contributed by atoms with Crippen LogP contribution in [-0.4, -0.2) is 18.6 Å². The molecule has 0 saturated carbocycles. The molecule has 1 aromatic carbocycles. The third kappa shape index (κ3) is 2.03. The number of halogens is 3. The van der Waals surface area contributed by atoms with E-state index in [1.807, 2.05) is 0 Å². The van der Waals surface area contributed by atoms with Crippen molar-refractivity contribution in [3.05, 3.63) is 29.3 Å². The molecule has 0 N–H and O–H groups in total.